The SMILES string of the molecule is CN1CCN(c2ccc(N3CCN(S(C)(=O)=O)CC3)nn2)CC1. The number of rotatable bonds is 3. The Labute approximate surface area is 137 Å². The van der Waals surface area contributed by atoms with Crippen LogP contribution < -0.4 is 9.80 Å². The first kappa shape index (κ1) is 16.4. The molecule has 2 aliphatic heterocycles. The third-order valence-electron chi connectivity index (χ3n) is 4.50. The molecule has 0 spiro atoms. The number of likely N-dealkylation sites (N-methyl/N-ethyl adjacent to an activating group) is 1. The first-order valence-electron chi connectivity index (χ1n) is 7.91. The monoisotopic (exact) mass is 340 g/mol. The minimum atomic E-state index is -3.10. The van der Waals surface area contributed by atoms with Crippen molar-refractivity contribution >= 4 is 21.7 Å². The topological polar surface area (TPSA) is 72.9 Å². The lowest BCUT2D eigenvalue weighted by molar-refractivity contribution is 0.312. The van der Waals surface area contributed by atoms with Crippen molar-refractivity contribution in [1.29, 1.82) is 0 Å². The maximum absolute atomic E-state index is 11.5. The lowest BCUT2D eigenvalue weighted by Gasteiger charge is -2.34. The van der Waals surface area contributed by atoms with E-state index in [2.05, 4.69) is 31.9 Å². The number of aromatic nitrogens is 2. The standard InChI is InChI=1S/C14H24N6O2S/c1-17-5-7-18(8-6-17)13-3-4-14(16-15-13)19-9-11-20(12-10-19)23(2,21)22/h3-4H,5-12H2,1-2H3. The van der Waals surface area contributed by atoms with Crippen LogP contribution in [-0.2, 0) is 10.0 Å². The van der Waals surface area contributed by atoms with E-state index in [1.807, 2.05) is 12.1 Å². The van der Waals surface area contributed by atoms with Gasteiger partial charge in [0.15, 0.2) is 11.6 Å². The molecule has 128 valence electrons. The van der Waals surface area contributed by atoms with Crippen LogP contribution in [0.5, 0.6) is 0 Å². The Hall–Kier alpha value is -1.45. The molecule has 0 saturated carbocycles. The van der Waals surface area contributed by atoms with E-state index in [1.165, 1.54) is 10.6 Å². The van der Waals surface area contributed by atoms with Gasteiger partial charge < -0.3 is 14.7 Å². The van der Waals surface area contributed by atoms with Crippen molar-refractivity contribution in [3.05, 3.63) is 12.1 Å². The molecule has 1 aromatic heterocycles. The molecule has 0 bridgehead atoms. The minimum absolute atomic E-state index is 0.501. The summed E-state index contributed by atoms with van der Waals surface area (Å²) in [4.78, 5) is 6.64. The molecule has 3 heterocycles. The van der Waals surface area contributed by atoms with Gasteiger partial charge in [0.2, 0.25) is 10.0 Å². The molecule has 23 heavy (non-hydrogen) atoms. The van der Waals surface area contributed by atoms with Crippen LogP contribution in [-0.4, -0.2) is 93.5 Å². The Morgan fingerprint density at radius 2 is 1.26 bits per heavy atom. The van der Waals surface area contributed by atoms with Gasteiger partial charge in [0.1, 0.15) is 0 Å². The fourth-order valence-electron chi connectivity index (χ4n) is 2.94. The number of hydrogen-bond donors (Lipinski definition) is 0. The number of anilines is 2. The molecular formula is C14H24N6O2S. The van der Waals surface area contributed by atoms with Crippen LogP contribution in [0.4, 0.5) is 11.6 Å². The molecule has 1 aromatic rings. The predicted molar refractivity (Wildman–Crippen MR) is 90.4 cm³/mol. The second-order valence-electron chi connectivity index (χ2n) is 6.19. The van der Waals surface area contributed by atoms with Crippen LogP contribution >= 0.6 is 0 Å². The highest BCUT2D eigenvalue weighted by atomic mass is 32.2. The molecule has 0 radical (unpaired) electrons. The van der Waals surface area contributed by atoms with E-state index in [4.69, 9.17) is 0 Å². The molecule has 8 nitrogen and oxygen atoms in total. The van der Waals surface area contributed by atoms with Crippen molar-refractivity contribution in [2.45, 2.75) is 0 Å². The predicted octanol–water partition coefficient (Wildman–Crippen LogP) is -0.690. The maximum Gasteiger partial charge on any atom is 0.211 e. The number of nitrogens with zero attached hydrogens (tertiary/aromatic N) is 6. The molecule has 0 amide bonds. The van der Waals surface area contributed by atoms with Crippen LogP contribution in [0, 0.1) is 0 Å². The summed E-state index contributed by atoms with van der Waals surface area (Å²) in [6.45, 7) is 6.32. The van der Waals surface area contributed by atoms with Crippen molar-refractivity contribution in [3.8, 4) is 0 Å². The first-order valence-corrected chi connectivity index (χ1v) is 9.75. The zero-order valence-electron chi connectivity index (χ0n) is 13.7. The van der Waals surface area contributed by atoms with Crippen LogP contribution in [0.1, 0.15) is 0 Å². The zero-order valence-corrected chi connectivity index (χ0v) is 14.5. The lowest BCUT2D eigenvalue weighted by atomic mass is 10.3. The van der Waals surface area contributed by atoms with Crippen LogP contribution in [0.2, 0.25) is 0 Å². The summed E-state index contributed by atoms with van der Waals surface area (Å²) >= 11 is 0. The molecule has 2 fully saturated rings. The normalized spacial score (nSPS) is 21.7. The van der Waals surface area contributed by atoms with E-state index in [9.17, 15) is 8.42 Å². The average Bonchev–Trinajstić information content (AvgIpc) is 2.55. The Morgan fingerprint density at radius 3 is 1.65 bits per heavy atom. The molecule has 2 aliphatic rings. The molecule has 9 heteroatoms. The Morgan fingerprint density at radius 1 is 0.826 bits per heavy atom. The Balaban J connectivity index is 1.60. The second-order valence-corrected chi connectivity index (χ2v) is 8.17. The third-order valence-corrected chi connectivity index (χ3v) is 5.80. The van der Waals surface area contributed by atoms with Crippen LogP contribution in [0.3, 0.4) is 0 Å². The fourth-order valence-corrected chi connectivity index (χ4v) is 3.77. The molecule has 0 N–H and O–H groups in total. The van der Waals surface area contributed by atoms with Crippen LogP contribution in [0.25, 0.3) is 0 Å². The molecule has 3 rings (SSSR count). The largest absolute Gasteiger partial charge is 0.353 e. The molecule has 0 unspecified atom stereocenters. The molecule has 0 atom stereocenters. The number of sulfonamides is 1. The summed E-state index contributed by atoms with van der Waals surface area (Å²) in [6.07, 6.45) is 1.26. The average molecular weight is 340 g/mol. The van der Waals surface area contributed by atoms with Gasteiger partial charge in [-0.15, -0.1) is 10.2 Å². The first-order chi connectivity index (χ1) is 10.9. The van der Waals surface area contributed by atoms with Crippen molar-refractivity contribution < 1.29 is 8.42 Å². The molecular weight excluding hydrogens is 316 g/mol. The lowest BCUT2D eigenvalue weighted by Crippen LogP contribution is -2.48. The quantitative estimate of drug-likeness (QED) is 0.721. The maximum atomic E-state index is 11.5. The van der Waals surface area contributed by atoms with E-state index < -0.39 is 10.0 Å². The van der Waals surface area contributed by atoms with E-state index in [0.29, 0.717) is 26.2 Å². The van der Waals surface area contributed by atoms with Gasteiger partial charge >= 0.3 is 0 Å². The second kappa shape index (κ2) is 6.58. The summed E-state index contributed by atoms with van der Waals surface area (Å²) in [5, 5.41) is 8.69. The molecule has 0 aliphatic carbocycles. The zero-order chi connectivity index (χ0) is 16.4. The third kappa shape index (κ3) is 3.91. The van der Waals surface area contributed by atoms with E-state index in [-0.39, 0.29) is 0 Å². The van der Waals surface area contributed by atoms with Gasteiger partial charge in [0, 0.05) is 52.4 Å². The highest BCUT2D eigenvalue weighted by Crippen LogP contribution is 2.18. The van der Waals surface area contributed by atoms with Gasteiger partial charge in [-0.2, -0.15) is 4.31 Å². The van der Waals surface area contributed by atoms with Crippen molar-refractivity contribution in [2.75, 3.05) is 75.5 Å². The van der Waals surface area contributed by atoms with Gasteiger partial charge in [-0.25, -0.2) is 8.42 Å². The van der Waals surface area contributed by atoms with Crippen molar-refractivity contribution in [2.24, 2.45) is 0 Å². The van der Waals surface area contributed by atoms with E-state index >= 15 is 0 Å². The van der Waals surface area contributed by atoms with Gasteiger partial charge in [-0.05, 0) is 19.2 Å². The summed E-state index contributed by atoms with van der Waals surface area (Å²) in [5.41, 5.74) is 0. The van der Waals surface area contributed by atoms with Crippen molar-refractivity contribution in [1.82, 2.24) is 19.4 Å². The van der Waals surface area contributed by atoms with Gasteiger partial charge in [0.05, 0.1) is 6.26 Å². The Kier molecular flexibility index (Phi) is 4.69. The summed E-state index contributed by atoms with van der Waals surface area (Å²) in [5.74, 6) is 1.73. The fraction of sp³-hybridized carbons (Fsp3) is 0.714. The smallest absolute Gasteiger partial charge is 0.211 e. The van der Waals surface area contributed by atoms with E-state index in [1.54, 1.807) is 0 Å². The van der Waals surface area contributed by atoms with Gasteiger partial charge in [-0.1, -0.05) is 0 Å². The molecule has 0 aromatic carbocycles. The molecule has 2 saturated heterocycles. The summed E-state index contributed by atoms with van der Waals surface area (Å²) in [7, 11) is -0.970. The van der Waals surface area contributed by atoms with E-state index in [0.717, 1.165) is 37.8 Å². The number of piperazine rings is 2. The Bertz CT molecular complexity index is 619. The number of hydrogen-bond acceptors (Lipinski definition) is 7. The summed E-state index contributed by atoms with van der Waals surface area (Å²) in [6, 6.07) is 3.99. The van der Waals surface area contributed by atoms with Crippen LogP contribution in [0.15, 0.2) is 12.1 Å². The summed E-state index contributed by atoms with van der Waals surface area (Å²) < 4.78 is 24.6. The van der Waals surface area contributed by atoms with Gasteiger partial charge in [-0.3, -0.25) is 0 Å². The van der Waals surface area contributed by atoms with Crippen molar-refractivity contribution in [3.63, 3.8) is 0 Å². The van der Waals surface area contributed by atoms with Gasteiger partial charge in [0.25, 0.3) is 0 Å². The minimum Gasteiger partial charge on any atom is -0.353 e. The highest BCUT2D eigenvalue weighted by molar-refractivity contribution is 7.88. The highest BCUT2D eigenvalue weighted by Gasteiger charge is 2.24.